The average molecular weight is 238 g/mol. The number of hydrogen-bond donors (Lipinski definition) is 1. The maximum atomic E-state index is 12.0. The molecule has 1 aliphatic carbocycles. The Hall–Kier alpha value is -0.570. The highest BCUT2D eigenvalue weighted by Crippen LogP contribution is 2.33. The Kier molecular flexibility index (Phi) is 3.76. The van der Waals surface area contributed by atoms with Gasteiger partial charge in [-0.05, 0) is 39.7 Å². The standard InChI is InChI=1S/C14H26N2O/c1-4-9-16-12-8-6-5-7-11(12)15-13(17)10-14(16,2)3/h11-12H,4-10H2,1-3H3,(H,15,17). The normalized spacial score (nSPS) is 33.7. The number of hydrogen-bond acceptors (Lipinski definition) is 2. The first kappa shape index (κ1) is 12.9. The van der Waals surface area contributed by atoms with Crippen LogP contribution in [0.25, 0.3) is 0 Å². The lowest BCUT2D eigenvalue weighted by Crippen LogP contribution is -2.55. The minimum atomic E-state index is 0.0108. The van der Waals surface area contributed by atoms with Gasteiger partial charge < -0.3 is 5.32 Å². The van der Waals surface area contributed by atoms with Gasteiger partial charge in [-0.15, -0.1) is 0 Å². The fourth-order valence-electron chi connectivity index (χ4n) is 3.56. The molecule has 2 rings (SSSR count). The Balaban J connectivity index is 2.24. The molecule has 2 atom stereocenters. The zero-order valence-corrected chi connectivity index (χ0v) is 11.5. The van der Waals surface area contributed by atoms with E-state index in [0.717, 1.165) is 13.0 Å². The van der Waals surface area contributed by atoms with Crippen molar-refractivity contribution in [3.8, 4) is 0 Å². The average Bonchev–Trinajstić information content (AvgIpc) is 2.34. The van der Waals surface area contributed by atoms with Crippen molar-refractivity contribution in [3.63, 3.8) is 0 Å². The molecule has 98 valence electrons. The van der Waals surface area contributed by atoms with Crippen LogP contribution in [0.2, 0.25) is 0 Å². The Morgan fingerprint density at radius 2 is 2.06 bits per heavy atom. The van der Waals surface area contributed by atoms with Crippen LogP contribution in [0.1, 0.15) is 59.3 Å². The lowest BCUT2D eigenvalue weighted by molar-refractivity contribution is -0.122. The molecule has 2 aliphatic rings. The molecule has 0 aromatic heterocycles. The van der Waals surface area contributed by atoms with Crippen LogP contribution in [-0.2, 0) is 4.79 Å². The first-order valence-corrected chi connectivity index (χ1v) is 7.10. The van der Waals surface area contributed by atoms with Gasteiger partial charge in [0.05, 0.1) is 0 Å². The summed E-state index contributed by atoms with van der Waals surface area (Å²) in [4.78, 5) is 14.6. The molecule has 1 heterocycles. The number of nitrogens with zero attached hydrogens (tertiary/aromatic N) is 1. The van der Waals surface area contributed by atoms with Crippen molar-refractivity contribution in [3.05, 3.63) is 0 Å². The van der Waals surface area contributed by atoms with Gasteiger partial charge in [-0.3, -0.25) is 9.69 Å². The molecule has 1 aliphatic heterocycles. The SMILES string of the molecule is CCCN1C2CCCCC2NC(=O)CC1(C)C. The van der Waals surface area contributed by atoms with Crippen molar-refractivity contribution in [2.45, 2.75) is 76.9 Å². The van der Waals surface area contributed by atoms with Gasteiger partial charge in [0.25, 0.3) is 0 Å². The maximum Gasteiger partial charge on any atom is 0.222 e. The fraction of sp³-hybridized carbons (Fsp3) is 0.929. The van der Waals surface area contributed by atoms with Crippen molar-refractivity contribution in [2.24, 2.45) is 0 Å². The van der Waals surface area contributed by atoms with Crippen LogP contribution in [0, 0.1) is 0 Å². The van der Waals surface area contributed by atoms with Crippen LogP contribution in [0.15, 0.2) is 0 Å². The van der Waals surface area contributed by atoms with E-state index in [-0.39, 0.29) is 11.4 Å². The van der Waals surface area contributed by atoms with Crippen LogP contribution in [0.4, 0.5) is 0 Å². The number of carbonyl (C=O) groups is 1. The second-order valence-electron chi connectivity index (χ2n) is 6.21. The van der Waals surface area contributed by atoms with E-state index in [4.69, 9.17) is 0 Å². The lowest BCUT2D eigenvalue weighted by atomic mass is 9.87. The molecule has 0 radical (unpaired) electrons. The zero-order chi connectivity index (χ0) is 12.5. The third-order valence-corrected chi connectivity index (χ3v) is 4.31. The van der Waals surface area contributed by atoms with Gasteiger partial charge in [0.1, 0.15) is 0 Å². The van der Waals surface area contributed by atoms with E-state index >= 15 is 0 Å². The smallest absolute Gasteiger partial charge is 0.222 e. The molecule has 1 amide bonds. The summed E-state index contributed by atoms with van der Waals surface area (Å²) >= 11 is 0. The van der Waals surface area contributed by atoms with Crippen molar-refractivity contribution in [1.29, 1.82) is 0 Å². The molecule has 2 fully saturated rings. The van der Waals surface area contributed by atoms with E-state index in [9.17, 15) is 4.79 Å². The van der Waals surface area contributed by atoms with Gasteiger partial charge in [-0.2, -0.15) is 0 Å². The van der Waals surface area contributed by atoms with E-state index in [0.29, 0.717) is 18.5 Å². The largest absolute Gasteiger partial charge is 0.352 e. The summed E-state index contributed by atoms with van der Waals surface area (Å²) in [5.41, 5.74) is 0.0108. The van der Waals surface area contributed by atoms with Crippen LogP contribution >= 0.6 is 0 Å². The van der Waals surface area contributed by atoms with Crippen molar-refractivity contribution in [1.82, 2.24) is 10.2 Å². The predicted octanol–water partition coefficient (Wildman–Crippen LogP) is 2.31. The Bertz CT molecular complexity index is 288. The third-order valence-electron chi connectivity index (χ3n) is 4.31. The van der Waals surface area contributed by atoms with Crippen LogP contribution in [-0.4, -0.2) is 35.0 Å². The number of fused-ring (bicyclic) bond motifs is 1. The lowest BCUT2D eigenvalue weighted by Gasteiger charge is -2.45. The van der Waals surface area contributed by atoms with E-state index in [1.54, 1.807) is 0 Å². The minimum Gasteiger partial charge on any atom is -0.352 e. The Labute approximate surface area is 105 Å². The highest BCUT2D eigenvalue weighted by Gasteiger charge is 2.42. The summed E-state index contributed by atoms with van der Waals surface area (Å²) in [7, 11) is 0. The predicted molar refractivity (Wildman–Crippen MR) is 69.9 cm³/mol. The van der Waals surface area contributed by atoms with Gasteiger partial charge in [0, 0.05) is 24.0 Å². The summed E-state index contributed by atoms with van der Waals surface area (Å²) in [6, 6.07) is 0.953. The maximum absolute atomic E-state index is 12.0. The van der Waals surface area contributed by atoms with Gasteiger partial charge in [0.15, 0.2) is 0 Å². The first-order valence-electron chi connectivity index (χ1n) is 7.10. The summed E-state index contributed by atoms with van der Waals surface area (Å²) in [5, 5.41) is 3.24. The molecule has 0 aromatic rings. The fourth-order valence-corrected chi connectivity index (χ4v) is 3.56. The van der Waals surface area contributed by atoms with E-state index < -0.39 is 0 Å². The van der Waals surface area contributed by atoms with Crippen molar-refractivity contribution in [2.75, 3.05) is 6.54 Å². The monoisotopic (exact) mass is 238 g/mol. The molecule has 3 heteroatoms. The van der Waals surface area contributed by atoms with Crippen LogP contribution < -0.4 is 5.32 Å². The number of amides is 1. The zero-order valence-electron chi connectivity index (χ0n) is 11.5. The van der Waals surface area contributed by atoms with Gasteiger partial charge >= 0.3 is 0 Å². The van der Waals surface area contributed by atoms with Crippen LogP contribution in [0.3, 0.4) is 0 Å². The topological polar surface area (TPSA) is 32.3 Å². The third kappa shape index (κ3) is 2.65. The van der Waals surface area contributed by atoms with Gasteiger partial charge in [-0.25, -0.2) is 0 Å². The van der Waals surface area contributed by atoms with Gasteiger partial charge in [0.2, 0.25) is 5.91 Å². The summed E-state index contributed by atoms with van der Waals surface area (Å²) in [6.45, 7) is 7.79. The molecular weight excluding hydrogens is 212 g/mol. The van der Waals surface area contributed by atoms with Crippen molar-refractivity contribution < 1.29 is 4.79 Å². The quantitative estimate of drug-likeness (QED) is 0.800. The molecule has 0 aromatic carbocycles. The Morgan fingerprint density at radius 1 is 1.35 bits per heavy atom. The number of carbonyl (C=O) groups excluding carboxylic acids is 1. The minimum absolute atomic E-state index is 0.0108. The molecule has 0 spiro atoms. The summed E-state index contributed by atoms with van der Waals surface area (Å²) in [6.07, 6.45) is 6.79. The molecule has 0 bridgehead atoms. The molecule has 2 unspecified atom stereocenters. The van der Waals surface area contributed by atoms with Crippen molar-refractivity contribution >= 4 is 5.91 Å². The van der Waals surface area contributed by atoms with Gasteiger partial charge in [-0.1, -0.05) is 19.8 Å². The molecule has 1 N–H and O–H groups in total. The number of rotatable bonds is 2. The second-order valence-corrected chi connectivity index (χ2v) is 6.21. The van der Waals surface area contributed by atoms with Crippen LogP contribution in [0.5, 0.6) is 0 Å². The number of nitrogens with one attached hydrogen (secondary N) is 1. The second kappa shape index (κ2) is 4.97. The molecule has 1 saturated heterocycles. The Morgan fingerprint density at radius 3 is 2.76 bits per heavy atom. The van der Waals surface area contributed by atoms with E-state index in [1.807, 2.05) is 0 Å². The molecular formula is C14H26N2O. The first-order chi connectivity index (χ1) is 8.04. The highest BCUT2D eigenvalue weighted by molar-refractivity contribution is 5.78. The summed E-state index contributed by atoms with van der Waals surface area (Å²) in [5.74, 6) is 0.241. The molecule has 1 saturated carbocycles. The van der Waals surface area contributed by atoms with E-state index in [1.165, 1.54) is 25.7 Å². The van der Waals surface area contributed by atoms with E-state index in [2.05, 4.69) is 31.0 Å². The highest BCUT2D eigenvalue weighted by atomic mass is 16.1. The summed E-state index contributed by atoms with van der Waals surface area (Å²) < 4.78 is 0. The molecule has 17 heavy (non-hydrogen) atoms. The molecule has 3 nitrogen and oxygen atoms in total.